The first-order valence-electron chi connectivity index (χ1n) is 5.15. The van der Waals surface area contributed by atoms with E-state index in [0.717, 1.165) is 17.0 Å². The number of rotatable bonds is 2. The molecule has 0 saturated heterocycles. The van der Waals surface area contributed by atoms with Crippen molar-refractivity contribution in [3.8, 4) is 5.75 Å². The fourth-order valence-corrected chi connectivity index (χ4v) is 1.85. The molecule has 0 aromatic heterocycles. The Morgan fingerprint density at radius 1 is 1.40 bits per heavy atom. The Kier molecular flexibility index (Phi) is 2.18. The molecule has 0 atom stereocenters. The van der Waals surface area contributed by atoms with E-state index in [1.54, 1.807) is 0 Å². The van der Waals surface area contributed by atoms with E-state index in [2.05, 4.69) is 5.32 Å². The lowest BCUT2D eigenvalue weighted by molar-refractivity contribution is -0.119. The number of para-hydroxylation sites is 1. The SMILES string of the molecule is CCOc1cccc2c1NC(=O)C2(C)C. The van der Waals surface area contributed by atoms with Crippen molar-refractivity contribution in [2.24, 2.45) is 0 Å². The Bertz CT molecular complexity index is 410. The molecule has 1 aromatic rings. The summed E-state index contributed by atoms with van der Waals surface area (Å²) in [6.07, 6.45) is 0. The molecule has 0 fully saturated rings. The Morgan fingerprint density at radius 2 is 2.13 bits per heavy atom. The first kappa shape index (κ1) is 10.0. The number of amides is 1. The molecule has 0 radical (unpaired) electrons. The van der Waals surface area contributed by atoms with E-state index >= 15 is 0 Å². The molecule has 1 heterocycles. The number of benzene rings is 1. The molecule has 3 nitrogen and oxygen atoms in total. The summed E-state index contributed by atoms with van der Waals surface area (Å²) < 4.78 is 5.48. The third-order valence-electron chi connectivity index (χ3n) is 2.81. The van der Waals surface area contributed by atoms with Crippen molar-refractivity contribution in [3.63, 3.8) is 0 Å². The maximum Gasteiger partial charge on any atom is 0.234 e. The number of carbonyl (C=O) groups is 1. The molecule has 0 spiro atoms. The fraction of sp³-hybridized carbons (Fsp3) is 0.417. The minimum atomic E-state index is -0.456. The molecular weight excluding hydrogens is 190 g/mol. The Morgan fingerprint density at radius 3 is 2.80 bits per heavy atom. The van der Waals surface area contributed by atoms with Crippen molar-refractivity contribution in [3.05, 3.63) is 23.8 Å². The van der Waals surface area contributed by atoms with Crippen LogP contribution >= 0.6 is 0 Å². The maximum atomic E-state index is 11.7. The molecule has 1 aromatic carbocycles. The summed E-state index contributed by atoms with van der Waals surface area (Å²) in [7, 11) is 0. The van der Waals surface area contributed by atoms with E-state index in [-0.39, 0.29) is 5.91 Å². The van der Waals surface area contributed by atoms with Crippen LogP contribution in [0.25, 0.3) is 0 Å². The third-order valence-corrected chi connectivity index (χ3v) is 2.81. The number of hydrogen-bond donors (Lipinski definition) is 1. The van der Waals surface area contributed by atoms with Crippen LogP contribution in [0.3, 0.4) is 0 Å². The number of nitrogens with one attached hydrogen (secondary N) is 1. The molecule has 1 N–H and O–H groups in total. The minimum absolute atomic E-state index is 0.0321. The highest BCUT2D eigenvalue weighted by molar-refractivity contribution is 6.07. The highest BCUT2D eigenvalue weighted by Crippen LogP contribution is 2.42. The first-order chi connectivity index (χ1) is 7.07. The van der Waals surface area contributed by atoms with Crippen molar-refractivity contribution in [2.45, 2.75) is 26.2 Å². The van der Waals surface area contributed by atoms with Crippen LogP contribution in [0.2, 0.25) is 0 Å². The van der Waals surface area contributed by atoms with Gasteiger partial charge in [-0.15, -0.1) is 0 Å². The van der Waals surface area contributed by atoms with Gasteiger partial charge in [0, 0.05) is 0 Å². The van der Waals surface area contributed by atoms with E-state index in [1.165, 1.54) is 0 Å². The lowest BCUT2D eigenvalue weighted by Crippen LogP contribution is -2.26. The van der Waals surface area contributed by atoms with Gasteiger partial charge in [-0.25, -0.2) is 0 Å². The lowest BCUT2D eigenvalue weighted by Gasteiger charge is -2.15. The third kappa shape index (κ3) is 1.39. The fourth-order valence-electron chi connectivity index (χ4n) is 1.85. The number of hydrogen-bond acceptors (Lipinski definition) is 2. The summed E-state index contributed by atoms with van der Waals surface area (Å²) in [5.41, 5.74) is 1.38. The standard InChI is InChI=1S/C12H15NO2/c1-4-15-9-7-5-6-8-10(9)13-11(14)12(8,2)3/h5-7H,4H2,1-3H3,(H,13,14). The number of ether oxygens (including phenoxy) is 1. The van der Waals surface area contributed by atoms with Crippen molar-refractivity contribution in [1.29, 1.82) is 0 Å². The van der Waals surface area contributed by atoms with E-state index in [4.69, 9.17) is 4.74 Å². The Labute approximate surface area is 89.4 Å². The van der Waals surface area contributed by atoms with Crippen LogP contribution in [0.5, 0.6) is 5.75 Å². The predicted octanol–water partition coefficient (Wildman–Crippen LogP) is 2.32. The lowest BCUT2D eigenvalue weighted by atomic mass is 9.86. The summed E-state index contributed by atoms with van der Waals surface area (Å²) in [5, 5.41) is 2.88. The molecule has 80 valence electrons. The monoisotopic (exact) mass is 205 g/mol. The van der Waals surface area contributed by atoms with Gasteiger partial charge in [0.25, 0.3) is 0 Å². The largest absolute Gasteiger partial charge is 0.492 e. The summed E-state index contributed by atoms with van der Waals surface area (Å²) >= 11 is 0. The highest BCUT2D eigenvalue weighted by atomic mass is 16.5. The first-order valence-corrected chi connectivity index (χ1v) is 5.15. The second-order valence-electron chi connectivity index (χ2n) is 4.19. The van der Waals surface area contributed by atoms with Gasteiger partial charge in [-0.2, -0.15) is 0 Å². The second kappa shape index (κ2) is 3.26. The van der Waals surface area contributed by atoms with Gasteiger partial charge in [0.15, 0.2) is 0 Å². The van der Waals surface area contributed by atoms with Crippen molar-refractivity contribution >= 4 is 11.6 Å². The number of anilines is 1. The van der Waals surface area contributed by atoms with Gasteiger partial charge in [-0.05, 0) is 32.4 Å². The zero-order valence-electron chi connectivity index (χ0n) is 9.26. The summed E-state index contributed by atoms with van der Waals surface area (Å²) in [6, 6.07) is 5.77. The van der Waals surface area contributed by atoms with Crippen LogP contribution in [0, 0.1) is 0 Å². The normalized spacial score (nSPS) is 17.1. The molecular formula is C12H15NO2. The van der Waals surface area contributed by atoms with Gasteiger partial charge in [0.1, 0.15) is 5.75 Å². The van der Waals surface area contributed by atoms with Gasteiger partial charge >= 0.3 is 0 Å². The van der Waals surface area contributed by atoms with Crippen LogP contribution < -0.4 is 10.1 Å². The molecule has 3 heteroatoms. The van der Waals surface area contributed by atoms with Crippen LogP contribution in [0.1, 0.15) is 26.3 Å². The summed E-state index contributed by atoms with van der Waals surface area (Å²) in [5.74, 6) is 0.790. The van der Waals surface area contributed by atoms with Crippen molar-refractivity contribution in [1.82, 2.24) is 0 Å². The molecule has 1 aliphatic heterocycles. The average Bonchev–Trinajstić information content (AvgIpc) is 2.41. The maximum absolute atomic E-state index is 11.7. The number of fused-ring (bicyclic) bond motifs is 1. The van der Waals surface area contributed by atoms with E-state index in [0.29, 0.717) is 6.61 Å². The van der Waals surface area contributed by atoms with Crippen LogP contribution in [-0.2, 0) is 10.2 Å². The van der Waals surface area contributed by atoms with Crippen molar-refractivity contribution in [2.75, 3.05) is 11.9 Å². The quantitative estimate of drug-likeness (QED) is 0.804. The van der Waals surface area contributed by atoms with Gasteiger partial charge in [0.2, 0.25) is 5.91 Å². The number of carbonyl (C=O) groups excluding carboxylic acids is 1. The molecule has 1 aliphatic rings. The zero-order chi connectivity index (χ0) is 11.1. The second-order valence-corrected chi connectivity index (χ2v) is 4.19. The molecule has 0 aliphatic carbocycles. The van der Waals surface area contributed by atoms with Gasteiger partial charge in [0.05, 0.1) is 17.7 Å². The topological polar surface area (TPSA) is 38.3 Å². The van der Waals surface area contributed by atoms with E-state index in [1.807, 2.05) is 39.0 Å². The van der Waals surface area contributed by atoms with Gasteiger partial charge < -0.3 is 10.1 Å². The predicted molar refractivity (Wildman–Crippen MR) is 59.3 cm³/mol. The molecule has 0 bridgehead atoms. The minimum Gasteiger partial charge on any atom is -0.492 e. The molecule has 2 rings (SSSR count). The Hall–Kier alpha value is -1.51. The Balaban J connectivity index is 2.53. The van der Waals surface area contributed by atoms with Crippen molar-refractivity contribution < 1.29 is 9.53 Å². The smallest absolute Gasteiger partial charge is 0.234 e. The molecule has 0 saturated carbocycles. The van der Waals surface area contributed by atoms with E-state index in [9.17, 15) is 4.79 Å². The molecule has 0 unspecified atom stereocenters. The zero-order valence-corrected chi connectivity index (χ0v) is 9.26. The molecule has 15 heavy (non-hydrogen) atoms. The van der Waals surface area contributed by atoms with Gasteiger partial charge in [-0.3, -0.25) is 4.79 Å². The van der Waals surface area contributed by atoms with E-state index < -0.39 is 5.41 Å². The van der Waals surface area contributed by atoms with Crippen LogP contribution in [0.4, 0.5) is 5.69 Å². The van der Waals surface area contributed by atoms with Crippen LogP contribution in [0.15, 0.2) is 18.2 Å². The van der Waals surface area contributed by atoms with Gasteiger partial charge in [-0.1, -0.05) is 12.1 Å². The highest BCUT2D eigenvalue weighted by Gasteiger charge is 2.39. The van der Waals surface area contributed by atoms with Crippen LogP contribution in [-0.4, -0.2) is 12.5 Å². The summed E-state index contributed by atoms with van der Waals surface area (Å²) in [4.78, 5) is 11.7. The summed E-state index contributed by atoms with van der Waals surface area (Å²) in [6.45, 7) is 6.38. The average molecular weight is 205 g/mol. The molecule has 1 amide bonds.